The first-order valence-electron chi connectivity index (χ1n) is 11.9. The van der Waals surface area contributed by atoms with Crippen LogP contribution in [0.3, 0.4) is 0 Å². The molecule has 1 aromatic rings. The molecule has 1 aliphatic rings. The van der Waals surface area contributed by atoms with Crippen LogP contribution < -0.4 is 11.1 Å². The van der Waals surface area contributed by atoms with E-state index >= 15 is 0 Å². The molecule has 0 radical (unpaired) electrons. The van der Waals surface area contributed by atoms with Gasteiger partial charge in [-0.25, -0.2) is 4.79 Å². The molecule has 0 spiro atoms. The second kappa shape index (κ2) is 10.5. The van der Waals surface area contributed by atoms with Crippen LogP contribution in [-0.4, -0.2) is 58.8 Å². The topological polar surface area (TPSA) is 87.9 Å². The van der Waals surface area contributed by atoms with Gasteiger partial charge in [0.2, 0.25) is 0 Å². The predicted molar refractivity (Wildman–Crippen MR) is 131 cm³/mol. The molecule has 35 heavy (non-hydrogen) atoms. The van der Waals surface area contributed by atoms with Crippen molar-refractivity contribution < 1.29 is 27.5 Å². The lowest BCUT2D eigenvalue weighted by Gasteiger charge is -2.38. The number of hydrogen-bond acceptors (Lipinski definition) is 5. The molecule has 7 nitrogen and oxygen atoms in total. The van der Waals surface area contributed by atoms with Gasteiger partial charge in [-0.3, -0.25) is 4.79 Å². The Morgan fingerprint density at radius 3 is 2.34 bits per heavy atom. The van der Waals surface area contributed by atoms with E-state index in [1.165, 1.54) is 0 Å². The third-order valence-electron chi connectivity index (χ3n) is 6.23. The first-order valence-corrected chi connectivity index (χ1v) is 11.9. The minimum absolute atomic E-state index is 0.0588. The molecule has 1 saturated heterocycles. The lowest BCUT2D eigenvalue weighted by atomic mass is 9.86. The van der Waals surface area contributed by atoms with Gasteiger partial charge in [-0.05, 0) is 63.6 Å². The van der Waals surface area contributed by atoms with Gasteiger partial charge in [-0.15, -0.1) is 0 Å². The molecule has 0 saturated carbocycles. The van der Waals surface area contributed by atoms with E-state index in [1.807, 2.05) is 20.8 Å². The number of nitrogens with zero attached hydrogens (tertiary/aromatic N) is 2. The zero-order valence-corrected chi connectivity index (χ0v) is 21.8. The molecule has 1 heterocycles. The Labute approximate surface area is 206 Å². The van der Waals surface area contributed by atoms with Crippen molar-refractivity contribution in [3.8, 4) is 0 Å². The van der Waals surface area contributed by atoms with Gasteiger partial charge in [0.25, 0.3) is 0 Å². The summed E-state index contributed by atoms with van der Waals surface area (Å²) in [7, 11) is 0. The number of amides is 2. The lowest BCUT2D eigenvalue weighted by Crippen LogP contribution is -2.50. The number of benzene rings is 1. The molecule has 0 aliphatic carbocycles. The number of carbonyl (C=O) groups excluding carboxylic acids is 2. The molecular formula is C25H39F3N4O3. The van der Waals surface area contributed by atoms with Crippen LogP contribution in [-0.2, 0) is 16.1 Å². The number of hydrogen-bond donors (Lipinski definition) is 2. The van der Waals surface area contributed by atoms with E-state index in [9.17, 15) is 22.8 Å². The zero-order valence-electron chi connectivity index (χ0n) is 21.8. The summed E-state index contributed by atoms with van der Waals surface area (Å²) in [5, 5.41) is 3.24. The second-order valence-corrected chi connectivity index (χ2v) is 11.2. The van der Waals surface area contributed by atoms with Crippen molar-refractivity contribution in [1.29, 1.82) is 0 Å². The normalized spacial score (nSPS) is 17.8. The lowest BCUT2D eigenvalue weighted by molar-refractivity contribution is -0.190. The maximum atomic E-state index is 13.3. The number of halogens is 3. The number of likely N-dealkylation sites (tertiary alicyclic amines) is 1. The Morgan fingerprint density at radius 1 is 1.20 bits per heavy atom. The van der Waals surface area contributed by atoms with Crippen LogP contribution in [0.2, 0.25) is 0 Å². The Morgan fingerprint density at radius 2 is 1.83 bits per heavy atom. The molecule has 0 bridgehead atoms. The van der Waals surface area contributed by atoms with Gasteiger partial charge in [0.15, 0.2) is 0 Å². The third-order valence-corrected chi connectivity index (χ3v) is 6.23. The molecule has 2 atom stereocenters. The van der Waals surface area contributed by atoms with Gasteiger partial charge in [0, 0.05) is 25.7 Å². The molecule has 1 aromatic carbocycles. The van der Waals surface area contributed by atoms with E-state index in [2.05, 4.69) is 5.32 Å². The monoisotopic (exact) mass is 500 g/mol. The summed E-state index contributed by atoms with van der Waals surface area (Å²) >= 11 is 0. The zero-order chi connectivity index (χ0) is 26.8. The van der Waals surface area contributed by atoms with Crippen molar-refractivity contribution in [3.63, 3.8) is 0 Å². The average molecular weight is 501 g/mol. The van der Waals surface area contributed by atoms with Gasteiger partial charge in [0.1, 0.15) is 5.60 Å². The quantitative estimate of drug-likeness (QED) is 0.510. The highest BCUT2D eigenvalue weighted by molar-refractivity contribution is 5.82. The Balaban J connectivity index is 2.11. The van der Waals surface area contributed by atoms with Gasteiger partial charge in [-0.2, -0.15) is 13.2 Å². The van der Waals surface area contributed by atoms with E-state index < -0.39 is 29.1 Å². The van der Waals surface area contributed by atoms with Gasteiger partial charge >= 0.3 is 18.2 Å². The molecule has 1 fully saturated rings. The molecule has 2 rings (SSSR count). The molecule has 2 amide bonds. The molecule has 3 N–H and O–H groups in total. The number of ether oxygens (including phenoxy) is 1. The van der Waals surface area contributed by atoms with Crippen molar-refractivity contribution in [2.24, 2.45) is 5.41 Å². The van der Waals surface area contributed by atoms with E-state index in [0.717, 1.165) is 17.7 Å². The Kier molecular flexibility index (Phi) is 8.61. The smallest absolute Gasteiger partial charge is 0.444 e. The van der Waals surface area contributed by atoms with Crippen LogP contribution in [0.15, 0.2) is 18.2 Å². The van der Waals surface area contributed by atoms with Crippen molar-refractivity contribution in [3.05, 3.63) is 23.8 Å². The van der Waals surface area contributed by atoms with Crippen LogP contribution >= 0.6 is 0 Å². The predicted octanol–water partition coefficient (Wildman–Crippen LogP) is 5.41. The summed E-state index contributed by atoms with van der Waals surface area (Å²) < 4.78 is 45.3. The first kappa shape index (κ1) is 28.6. The summed E-state index contributed by atoms with van der Waals surface area (Å²) in [6, 6.07) is 4.21. The fourth-order valence-corrected chi connectivity index (χ4v) is 3.92. The van der Waals surface area contributed by atoms with E-state index in [0.29, 0.717) is 30.0 Å². The van der Waals surface area contributed by atoms with E-state index in [4.69, 9.17) is 10.5 Å². The van der Waals surface area contributed by atoms with Crippen LogP contribution in [0, 0.1) is 5.41 Å². The summed E-state index contributed by atoms with van der Waals surface area (Å²) in [4.78, 5) is 27.2. The number of nitrogens with two attached hydrogens (primary N) is 1. The highest BCUT2D eigenvalue weighted by Gasteiger charge is 2.45. The Hall–Kier alpha value is -2.65. The Bertz CT molecular complexity index is 907. The molecule has 1 aliphatic heterocycles. The molecule has 2 unspecified atom stereocenters. The summed E-state index contributed by atoms with van der Waals surface area (Å²) in [6.45, 7) is 13.3. The number of anilines is 2. The second-order valence-electron chi connectivity index (χ2n) is 11.2. The van der Waals surface area contributed by atoms with Crippen molar-refractivity contribution in [1.82, 2.24) is 9.80 Å². The van der Waals surface area contributed by atoms with Gasteiger partial charge < -0.3 is 25.6 Å². The number of nitrogen functional groups attached to an aromatic ring is 1. The molecule has 10 heteroatoms. The van der Waals surface area contributed by atoms with E-state index in [1.54, 1.807) is 50.8 Å². The summed E-state index contributed by atoms with van der Waals surface area (Å²) in [5.41, 5.74) is 6.53. The highest BCUT2D eigenvalue weighted by atomic mass is 19.4. The highest BCUT2D eigenvalue weighted by Crippen LogP contribution is 2.31. The van der Waals surface area contributed by atoms with Crippen molar-refractivity contribution in [2.75, 3.05) is 24.1 Å². The third kappa shape index (κ3) is 7.93. The van der Waals surface area contributed by atoms with Gasteiger partial charge in [-0.1, -0.05) is 26.8 Å². The standard InChI is InChI=1S/C25H39F3N4O3/c1-16(23(2,3)4)32(21(33)25(26,27)28)15-17-10-11-20(19(29)13-17)30-14-18-9-8-12-31(18)22(34)35-24(5,6)7/h10-11,13,16,18,30H,8-9,12,14-15,29H2,1-7H3. The van der Waals surface area contributed by atoms with Crippen LogP contribution in [0.25, 0.3) is 0 Å². The van der Waals surface area contributed by atoms with Crippen LogP contribution in [0.4, 0.5) is 29.3 Å². The molecule has 0 aromatic heterocycles. The van der Waals surface area contributed by atoms with Crippen LogP contribution in [0.5, 0.6) is 0 Å². The van der Waals surface area contributed by atoms with Gasteiger partial charge in [0.05, 0.1) is 17.4 Å². The SMILES string of the molecule is CC(N(Cc1ccc(NCC2CCCN2C(=O)OC(C)(C)C)c(N)c1)C(=O)C(F)(F)F)C(C)(C)C. The number of nitrogens with one attached hydrogen (secondary N) is 1. The maximum absolute atomic E-state index is 13.3. The summed E-state index contributed by atoms with van der Waals surface area (Å²) in [6.07, 6.45) is -3.63. The molecule has 198 valence electrons. The summed E-state index contributed by atoms with van der Waals surface area (Å²) in [5.74, 6) is -1.87. The van der Waals surface area contributed by atoms with E-state index in [-0.39, 0.29) is 18.7 Å². The maximum Gasteiger partial charge on any atom is 0.471 e. The first-order chi connectivity index (χ1) is 15.9. The van der Waals surface area contributed by atoms with Crippen LogP contribution in [0.1, 0.15) is 66.9 Å². The van der Waals surface area contributed by atoms with Crippen molar-refractivity contribution >= 4 is 23.4 Å². The number of carbonyl (C=O) groups is 2. The minimum atomic E-state index is -4.96. The fourth-order valence-electron chi connectivity index (χ4n) is 3.92. The largest absolute Gasteiger partial charge is 0.471 e. The fraction of sp³-hybridized carbons (Fsp3) is 0.680. The number of alkyl halides is 3. The minimum Gasteiger partial charge on any atom is -0.444 e. The van der Waals surface area contributed by atoms with Crippen molar-refractivity contribution in [2.45, 2.75) is 91.7 Å². The average Bonchev–Trinajstić information content (AvgIpc) is 3.16. The molecular weight excluding hydrogens is 461 g/mol. The number of rotatable bonds is 6.